The molecule has 1 atom stereocenters. The third-order valence-corrected chi connectivity index (χ3v) is 5.02. The highest BCUT2D eigenvalue weighted by atomic mass is 79.9. The largest absolute Gasteiger partial charge is 0.487 e. The molecule has 0 aliphatic carbocycles. The summed E-state index contributed by atoms with van der Waals surface area (Å²) in [4.78, 5) is 2.50. The maximum atomic E-state index is 10.5. The Balaban J connectivity index is 1.76. The highest BCUT2D eigenvalue weighted by molar-refractivity contribution is 9.10. The van der Waals surface area contributed by atoms with E-state index in [1.165, 1.54) is 13.0 Å². The molecule has 110 valence electrons. The number of rotatable bonds is 2. The number of hydrogen-bond donors (Lipinski definition) is 1. The molecule has 3 rings (SSSR count). The van der Waals surface area contributed by atoms with Crippen LogP contribution in [0.5, 0.6) is 5.75 Å². The summed E-state index contributed by atoms with van der Waals surface area (Å²) >= 11 is 3.46. The lowest BCUT2D eigenvalue weighted by Gasteiger charge is -2.46. The molecule has 1 N–H and O–H groups in total. The topological polar surface area (TPSA) is 32.7 Å². The Kier molecular flexibility index (Phi) is 4.07. The second-order valence-electron chi connectivity index (χ2n) is 6.03. The second kappa shape index (κ2) is 5.66. The van der Waals surface area contributed by atoms with Gasteiger partial charge in [-0.05, 0) is 44.0 Å². The average molecular weight is 340 g/mol. The van der Waals surface area contributed by atoms with Crippen molar-refractivity contribution in [3.8, 4) is 5.75 Å². The SMILES string of the molecule is CCCN1CCC2(CC1)C[C@H](O)c1cc(Br)ccc1O2. The number of ether oxygens (including phenoxy) is 1. The van der Waals surface area contributed by atoms with Crippen molar-refractivity contribution < 1.29 is 9.84 Å². The monoisotopic (exact) mass is 339 g/mol. The van der Waals surface area contributed by atoms with Crippen LogP contribution >= 0.6 is 15.9 Å². The molecule has 2 heterocycles. The van der Waals surface area contributed by atoms with Crippen molar-refractivity contribution in [3.63, 3.8) is 0 Å². The number of nitrogens with zero attached hydrogens (tertiary/aromatic N) is 1. The van der Waals surface area contributed by atoms with E-state index in [9.17, 15) is 5.11 Å². The normalized spacial score (nSPS) is 25.2. The van der Waals surface area contributed by atoms with Crippen molar-refractivity contribution in [1.29, 1.82) is 0 Å². The van der Waals surface area contributed by atoms with E-state index in [1.54, 1.807) is 0 Å². The minimum Gasteiger partial charge on any atom is -0.487 e. The van der Waals surface area contributed by atoms with Crippen molar-refractivity contribution in [2.45, 2.75) is 44.3 Å². The van der Waals surface area contributed by atoms with Gasteiger partial charge in [0, 0.05) is 29.5 Å². The number of fused-ring (bicyclic) bond motifs is 1. The van der Waals surface area contributed by atoms with E-state index in [2.05, 4.69) is 27.8 Å². The van der Waals surface area contributed by atoms with Crippen LogP contribution in [0.15, 0.2) is 22.7 Å². The lowest BCUT2D eigenvalue weighted by molar-refractivity contribution is -0.0538. The first kappa shape index (κ1) is 14.4. The molecule has 4 heteroatoms. The van der Waals surface area contributed by atoms with Gasteiger partial charge in [-0.15, -0.1) is 0 Å². The standard InChI is InChI=1S/C16H22BrNO2/c1-2-7-18-8-5-16(6-9-18)11-14(19)13-10-12(17)3-4-15(13)20-16/h3-4,10,14,19H,2,5-9,11H2,1H3/t14-/m0/s1. The van der Waals surface area contributed by atoms with Crippen molar-refractivity contribution >= 4 is 15.9 Å². The molecular weight excluding hydrogens is 318 g/mol. The molecular formula is C16H22BrNO2. The summed E-state index contributed by atoms with van der Waals surface area (Å²) in [5.41, 5.74) is 0.755. The zero-order valence-corrected chi connectivity index (χ0v) is 13.5. The molecule has 0 bridgehead atoms. The average Bonchev–Trinajstić information content (AvgIpc) is 2.43. The first-order valence-corrected chi connectivity index (χ1v) is 8.30. The number of piperidine rings is 1. The van der Waals surface area contributed by atoms with Gasteiger partial charge in [0.05, 0.1) is 6.10 Å². The van der Waals surface area contributed by atoms with Gasteiger partial charge >= 0.3 is 0 Å². The van der Waals surface area contributed by atoms with Gasteiger partial charge in [0.2, 0.25) is 0 Å². The van der Waals surface area contributed by atoms with Crippen LogP contribution in [-0.4, -0.2) is 35.2 Å². The van der Waals surface area contributed by atoms with Crippen LogP contribution in [0.25, 0.3) is 0 Å². The summed E-state index contributed by atoms with van der Waals surface area (Å²) in [6, 6.07) is 5.93. The molecule has 0 amide bonds. The van der Waals surface area contributed by atoms with Gasteiger partial charge in [-0.2, -0.15) is 0 Å². The molecule has 0 aromatic heterocycles. The second-order valence-corrected chi connectivity index (χ2v) is 6.94. The van der Waals surface area contributed by atoms with Crippen LogP contribution < -0.4 is 4.74 Å². The summed E-state index contributed by atoms with van der Waals surface area (Å²) in [5.74, 6) is 0.857. The van der Waals surface area contributed by atoms with Crippen molar-refractivity contribution in [1.82, 2.24) is 4.90 Å². The smallest absolute Gasteiger partial charge is 0.126 e. The zero-order valence-electron chi connectivity index (χ0n) is 11.9. The third kappa shape index (κ3) is 2.74. The van der Waals surface area contributed by atoms with E-state index in [4.69, 9.17) is 4.74 Å². The van der Waals surface area contributed by atoms with Gasteiger partial charge in [0.15, 0.2) is 0 Å². The Morgan fingerprint density at radius 3 is 2.85 bits per heavy atom. The minimum atomic E-state index is -0.408. The summed E-state index contributed by atoms with van der Waals surface area (Å²) in [6.45, 7) is 5.54. The Bertz CT molecular complexity index is 483. The van der Waals surface area contributed by atoms with Gasteiger partial charge in [-0.3, -0.25) is 0 Å². The van der Waals surface area contributed by atoms with Gasteiger partial charge < -0.3 is 14.7 Å². The van der Waals surface area contributed by atoms with E-state index in [-0.39, 0.29) is 5.60 Å². The first-order valence-electron chi connectivity index (χ1n) is 7.51. The van der Waals surface area contributed by atoms with Crippen LogP contribution in [-0.2, 0) is 0 Å². The quantitative estimate of drug-likeness (QED) is 0.894. The van der Waals surface area contributed by atoms with Crippen LogP contribution in [0.4, 0.5) is 0 Å². The maximum Gasteiger partial charge on any atom is 0.126 e. The van der Waals surface area contributed by atoms with Gasteiger partial charge in [0.1, 0.15) is 11.4 Å². The lowest BCUT2D eigenvalue weighted by Crippen LogP contribution is -2.50. The van der Waals surface area contributed by atoms with Gasteiger partial charge in [-0.25, -0.2) is 0 Å². The number of benzene rings is 1. The third-order valence-electron chi connectivity index (χ3n) is 4.53. The van der Waals surface area contributed by atoms with E-state index in [0.717, 1.165) is 48.1 Å². The summed E-state index contributed by atoms with van der Waals surface area (Å²) in [5, 5.41) is 10.5. The molecule has 1 aromatic rings. The van der Waals surface area contributed by atoms with Crippen molar-refractivity contribution in [2.24, 2.45) is 0 Å². The molecule has 2 aliphatic rings. The van der Waals surface area contributed by atoms with Crippen LogP contribution in [0.1, 0.15) is 44.3 Å². The fourth-order valence-electron chi connectivity index (χ4n) is 3.42. The first-order chi connectivity index (χ1) is 9.62. The Morgan fingerprint density at radius 2 is 2.15 bits per heavy atom. The van der Waals surface area contributed by atoms with Gasteiger partial charge in [-0.1, -0.05) is 22.9 Å². The Labute approximate surface area is 129 Å². The molecule has 0 unspecified atom stereocenters. The fraction of sp³-hybridized carbons (Fsp3) is 0.625. The van der Waals surface area contributed by atoms with Crippen LogP contribution in [0.3, 0.4) is 0 Å². The van der Waals surface area contributed by atoms with E-state index in [1.807, 2.05) is 18.2 Å². The molecule has 3 nitrogen and oxygen atoms in total. The minimum absolute atomic E-state index is 0.162. The number of aliphatic hydroxyl groups is 1. The molecule has 1 fully saturated rings. The predicted octanol–water partition coefficient (Wildman–Crippen LogP) is 3.51. The van der Waals surface area contributed by atoms with E-state index >= 15 is 0 Å². The highest BCUT2D eigenvalue weighted by Gasteiger charge is 2.42. The summed E-state index contributed by atoms with van der Waals surface area (Å²) in [6.07, 6.45) is 3.54. The Morgan fingerprint density at radius 1 is 1.40 bits per heavy atom. The van der Waals surface area contributed by atoms with Crippen molar-refractivity contribution in [3.05, 3.63) is 28.2 Å². The molecule has 1 saturated heterocycles. The highest BCUT2D eigenvalue weighted by Crippen LogP contribution is 2.44. The lowest BCUT2D eigenvalue weighted by atomic mass is 9.81. The van der Waals surface area contributed by atoms with Gasteiger partial charge in [0.25, 0.3) is 0 Å². The van der Waals surface area contributed by atoms with Crippen LogP contribution in [0.2, 0.25) is 0 Å². The summed E-state index contributed by atoms with van der Waals surface area (Å²) in [7, 11) is 0. The number of hydrogen-bond acceptors (Lipinski definition) is 3. The number of halogens is 1. The zero-order chi connectivity index (χ0) is 14.2. The van der Waals surface area contributed by atoms with E-state index in [0.29, 0.717) is 0 Å². The molecule has 0 saturated carbocycles. The molecule has 1 aromatic carbocycles. The fourth-order valence-corrected chi connectivity index (χ4v) is 3.80. The van der Waals surface area contributed by atoms with Crippen LogP contribution in [0, 0.1) is 0 Å². The number of likely N-dealkylation sites (tertiary alicyclic amines) is 1. The predicted molar refractivity (Wildman–Crippen MR) is 83.0 cm³/mol. The Hall–Kier alpha value is -0.580. The maximum absolute atomic E-state index is 10.5. The molecule has 20 heavy (non-hydrogen) atoms. The molecule has 0 radical (unpaired) electrons. The molecule has 2 aliphatic heterocycles. The number of aliphatic hydroxyl groups excluding tert-OH is 1. The molecule has 1 spiro atoms. The van der Waals surface area contributed by atoms with E-state index < -0.39 is 6.10 Å². The van der Waals surface area contributed by atoms with Crippen molar-refractivity contribution in [2.75, 3.05) is 19.6 Å². The summed E-state index contributed by atoms with van der Waals surface area (Å²) < 4.78 is 7.30.